The molecule has 0 atom stereocenters. The van der Waals surface area contributed by atoms with Crippen molar-refractivity contribution >= 4 is 46.1 Å². The predicted molar refractivity (Wildman–Crippen MR) is 155 cm³/mol. The van der Waals surface area contributed by atoms with Crippen LogP contribution in [0.3, 0.4) is 0 Å². The van der Waals surface area contributed by atoms with E-state index in [2.05, 4.69) is 20.5 Å². The number of amides is 2. The number of aromatic amines is 1. The fourth-order valence-electron chi connectivity index (χ4n) is 4.31. The molecule has 1 aromatic carbocycles. The number of alkyl halides is 3. The summed E-state index contributed by atoms with van der Waals surface area (Å²) < 4.78 is 33.7. The van der Waals surface area contributed by atoms with Crippen LogP contribution in [0.4, 0.5) is 19.1 Å². The monoisotopic (exact) mass is 628 g/mol. The molecule has 0 bridgehead atoms. The quantitative estimate of drug-likeness (QED) is 0.175. The number of carboxylic acid groups (broad SMARTS) is 1. The van der Waals surface area contributed by atoms with Crippen molar-refractivity contribution in [1.29, 1.82) is 5.26 Å². The summed E-state index contributed by atoms with van der Waals surface area (Å²) in [6.07, 6.45) is -0.0834. The SMILES string of the molecule is CC(C)(N)/C=C(\C#N)C(=O)N1CC(Cn2c(NC(=O)c3ccc(-c4cn[nH]c4)s3)nc3ccccc32)C1.O=C(O)C(F)(F)F. The van der Waals surface area contributed by atoms with Gasteiger partial charge < -0.3 is 20.3 Å². The van der Waals surface area contributed by atoms with Gasteiger partial charge in [-0.2, -0.15) is 23.5 Å². The average Bonchev–Trinajstić information content (AvgIpc) is 3.68. The number of H-pyrrole nitrogens is 1. The van der Waals surface area contributed by atoms with E-state index in [-0.39, 0.29) is 23.3 Å². The number of likely N-dealkylation sites (tertiary alicyclic amines) is 1. The van der Waals surface area contributed by atoms with Crippen molar-refractivity contribution < 1.29 is 32.7 Å². The smallest absolute Gasteiger partial charge is 0.475 e. The van der Waals surface area contributed by atoms with Gasteiger partial charge in [-0.25, -0.2) is 9.78 Å². The first-order chi connectivity index (χ1) is 20.7. The van der Waals surface area contributed by atoms with Crippen LogP contribution in [0, 0.1) is 17.2 Å². The van der Waals surface area contributed by atoms with Gasteiger partial charge >= 0.3 is 12.1 Å². The highest BCUT2D eigenvalue weighted by Crippen LogP contribution is 2.29. The molecule has 4 aromatic rings. The molecule has 3 aromatic heterocycles. The molecule has 2 amide bonds. The van der Waals surface area contributed by atoms with Gasteiger partial charge in [0.1, 0.15) is 11.6 Å². The van der Waals surface area contributed by atoms with Crippen LogP contribution >= 0.6 is 11.3 Å². The number of anilines is 1. The highest BCUT2D eigenvalue weighted by Gasteiger charge is 2.38. The van der Waals surface area contributed by atoms with Gasteiger partial charge in [0.05, 0.1) is 22.1 Å². The molecule has 0 saturated carbocycles. The van der Waals surface area contributed by atoms with Crippen molar-refractivity contribution in [2.45, 2.75) is 32.1 Å². The third-order valence-corrected chi connectivity index (χ3v) is 7.42. The highest BCUT2D eigenvalue weighted by molar-refractivity contribution is 7.17. The molecule has 1 aliphatic heterocycles. The molecule has 12 nitrogen and oxygen atoms in total. The summed E-state index contributed by atoms with van der Waals surface area (Å²) >= 11 is 1.38. The van der Waals surface area contributed by atoms with Crippen molar-refractivity contribution in [3.63, 3.8) is 0 Å². The van der Waals surface area contributed by atoms with Crippen molar-refractivity contribution in [3.05, 3.63) is 65.3 Å². The molecule has 0 spiro atoms. The number of benzene rings is 1. The number of carbonyl (C=O) groups excluding carboxylic acids is 2. The van der Waals surface area contributed by atoms with Gasteiger partial charge in [-0.05, 0) is 44.2 Å². The van der Waals surface area contributed by atoms with Crippen molar-refractivity contribution in [3.8, 4) is 16.5 Å². The first-order valence-corrected chi connectivity index (χ1v) is 13.8. The number of nitrogens with zero attached hydrogens (tertiary/aromatic N) is 5. The Hall–Kier alpha value is -5.01. The number of para-hydroxylation sites is 2. The largest absolute Gasteiger partial charge is 0.490 e. The maximum Gasteiger partial charge on any atom is 0.490 e. The number of nitrogens with one attached hydrogen (secondary N) is 2. The minimum atomic E-state index is -5.08. The number of aliphatic carboxylic acids is 1. The molecule has 230 valence electrons. The van der Waals surface area contributed by atoms with Gasteiger partial charge in [0.2, 0.25) is 5.95 Å². The van der Waals surface area contributed by atoms with Crippen molar-refractivity contribution in [1.82, 2.24) is 24.6 Å². The lowest BCUT2D eigenvalue weighted by molar-refractivity contribution is -0.192. The molecule has 4 heterocycles. The minimum Gasteiger partial charge on any atom is -0.475 e. The Labute approximate surface area is 252 Å². The number of halogens is 3. The Morgan fingerprint density at radius 3 is 2.50 bits per heavy atom. The summed E-state index contributed by atoms with van der Waals surface area (Å²) in [6.45, 7) is 5.05. The summed E-state index contributed by atoms with van der Waals surface area (Å²) in [5, 5.41) is 26.2. The van der Waals surface area contributed by atoms with Crippen LogP contribution < -0.4 is 11.1 Å². The second kappa shape index (κ2) is 12.7. The Balaban J connectivity index is 0.000000566. The van der Waals surface area contributed by atoms with Crippen LogP contribution in [0.5, 0.6) is 0 Å². The highest BCUT2D eigenvalue weighted by atomic mass is 32.1. The van der Waals surface area contributed by atoms with Gasteiger partial charge in [0.25, 0.3) is 11.8 Å². The van der Waals surface area contributed by atoms with Gasteiger partial charge in [-0.1, -0.05) is 12.1 Å². The minimum absolute atomic E-state index is 0.0534. The molecule has 5 rings (SSSR count). The number of rotatable bonds is 7. The molecule has 0 radical (unpaired) electrons. The molecular weight excluding hydrogens is 601 g/mol. The Bertz CT molecular complexity index is 1740. The summed E-state index contributed by atoms with van der Waals surface area (Å²) in [5.41, 5.74) is 7.85. The Morgan fingerprint density at radius 1 is 1.23 bits per heavy atom. The topological polar surface area (TPSA) is 183 Å². The number of imidazole rings is 1. The molecule has 1 aliphatic rings. The number of aromatic nitrogens is 4. The zero-order chi connectivity index (χ0) is 32.2. The normalized spacial score (nSPS) is 13.9. The van der Waals surface area contributed by atoms with Gasteiger partial charge in [0.15, 0.2) is 0 Å². The van der Waals surface area contributed by atoms with Crippen molar-refractivity contribution in [2.24, 2.45) is 11.7 Å². The third kappa shape index (κ3) is 7.68. The molecule has 5 N–H and O–H groups in total. The van der Waals surface area contributed by atoms with E-state index in [9.17, 15) is 28.0 Å². The lowest BCUT2D eigenvalue weighted by atomic mass is 9.97. The summed E-state index contributed by atoms with van der Waals surface area (Å²) in [5.74, 6) is -2.70. The van der Waals surface area contributed by atoms with Crippen LogP contribution in [-0.2, 0) is 16.1 Å². The van der Waals surface area contributed by atoms with E-state index in [0.717, 1.165) is 21.5 Å². The van der Waals surface area contributed by atoms with Crippen LogP contribution in [-0.4, -0.2) is 72.3 Å². The molecule has 16 heteroatoms. The Morgan fingerprint density at radius 2 is 1.91 bits per heavy atom. The van der Waals surface area contributed by atoms with E-state index < -0.39 is 17.7 Å². The summed E-state index contributed by atoms with van der Waals surface area (Å²) in [7, 11) is 0. The van der Waals surface area contributed by atoms with E-state index >= 15 is 0 Å². The molecule has 0 aliphatic carbocycles. The number of thiophene rings is 1. The first-order valence-electron chi connectivity index (χ1n) is 13.0. The second-order valence-corrected chi connectivity index (χ2v) is 11.6. The molecule has 1 saturated heterocycles. The lowest BCUT2D eigenvalue weighted by Gasteiger charge is -2.39. The van der Waals surface area contributed by atoms with E-state index in [1.807, 2.05) is 41.0 Å². The number of nitrogens with two attached hydrogens (primary N) is 1. The van der Waals surface area contributed by atoms with E-state index in [1.54, 1.807) is 37.2 Å². The maximum atomic E-state index is 13.1. The first kappa shape index (κ1) is 31.9. The number of carbonyl (C=O) groups is 3. The van der Waals surface area contributed by atoms with Gasteiger partial charge in [0, 0.05) is 47.7 Å². The average molecular weight is 629 g/mol. The molecule has 1 fully saturated rings. The van der Waals surface area contributed by atoms with E-state index in [1.165, 1.54) is 17.4 Å². The van der Waals surface area contributed by atoms with Crippen LogP contribution in [0.2, 0.25) is 0 Å². The van der Waals surface area contributed by atoms with Crippen molar-refractivity contribution in [2.75, 3.05) is 18.4 Å². The zero-order valence-electron chi connectivity index (χ0n) is 23.4. The fraction of sp³-hybridized carbons (Fsp3) is 0.286. The molecular formula is C28H27F3N8O4S. The summed E-state index contributed by atoms with van der Waals surface area (Å²) in [4.78, 5) is 42.5. The van der Waals surface area contributed by atoms with Crippen LogP contribution in [0.1, 0.15) is 23.5 Å². The maximum absolute atomic E-state index is 13.1. The zero-order valence-corrected chi connectivity index (χ0v) is 24.2. The Kier molecular flexibility index (Phi) is 9.21. The molecule has 0 unspecified atom stereocenters. The number of fused-ring (bicyclic) bond motifs is 1. The molecule has 44 heavy (non-hydrogen) atoms. The summed E-state index contributed by atoms with van der Waals surface area (Å²) in [6, 6.07) is 13.3. The standard InChI is InChI=1S/C26H26N8O2S.C2HF3O2/c1-26(2,28)9-17(10-27)24(36)33-13-16(14-33)15-34-20-6-4-3-5-19(20)31-25(34)32-23(35)22-8-7-21(37-22)18-11-29-30-12-18;3-2(4,5)1(6)7/h3-9,11-12,16H,13-15,28H2,1-2H3,(H,29,30)(H,31,32,35);(H,6,7)/b17-9+;. The van der Waals surface area contributed by atoms with Gasteiger partial charge in [-0.15, -0.1) is 11.3 Å². The number of nitriles is 1. The lowest BCUT2D eigenvalue weighted by Crippen LogP contribution is -2.52. The number of hydrogen-bond donors (Lipinski definition) is 4. The fourth-order valence-corrected chi connectivity index (χ4v) is 5.20. The third-order valence-electron chi connectivity index (χ3n) is 6.29. The van der Waals surface area contributed by atoms with Crippen LogP contribution in [0.25, 0.3) is 21.5 Å². The number of carboxylic acids is 1. The second-order valence-electron chi connectivity index (χ2n) is 10.5. The number of hydrogen-bond acceptors (Lipinski definition) is 8. The van der Waals surface area contributed by atoms with Gasteiger partial charge in [-0.3, -0.25) is 20.0 Å². The predicted octanol–water partition coefficient (Wildman–Crippen LogP) is 4.02. The van der Waals surface area contributed by atoms with E-state index in [0.29, 0.717) is 30.5 Å². The van der Waals surface area contributed by atoms with E-state index in [4.69, 9.17) is 15.6 Å². The van der Waals surface area contributed by atoms with Crippen LogP contribution in [0.15, 0.2) is 60.4 Å².